The largest absolute Gasteiger partial charge is 0.467 e. The minimum atomic E-state index is -0.766. The van der Waals surface area contributed by atoms with Crippen molar-refractivity contribution in [1.29, 1.82) is 0 Å². The van der Waals surface area contributed by atoms with Crippen LogP contribution in [-0.2, 0) is 20.7 Å². The van der Waals surface area contributed by atoms with Crippen molar-refractivity contribution in [2.45, 2.75) is 44.2 Å². The molecule has 0 aromatic heterocycles. The van der Waals surface area contributed by atoms with Crippen LogP contribution in [0.3, 0.4) is 0 Å². The summed E-state index contributed by atoms with van der Waals surface area (Å²) in [4.78, 5) is 38.1. The lowest BCUT2D eigenvalue weighted by Gasteiger charge is -2.19. The van der Waals surface area contributed by atoms with Crippen LogP contribution in [0.1, 0.15) is 31.2 Å². The van der Waals surface area contributed by atoms with Gasteiger partial charge in [-0.05, 0) is 49.9 Å². The van der Waals surface area contributed by atoms with Crippen LogP contribution in [0.25, 0.3) is 0 Å². The molecule has 2 amide bonds. The molecule has 8 nitrogen and oxygen atoms in total. The second-order valence-electron chi connectivity index (χ2n) is 7.14. The maximum absolute atomic E-state index is 12.3. The molecule has 0 radical (unpaired) electrons. The number of carbonyl (C=O) groups excluding carboxylic acids is 3. The van der Waals surface area contributed by atoms with Gasteiger partial charge in [-0.1, -0.05) is 12.1 Å². The van der Waals surface area contributed by atoms with E-state index in [-0.39, 0.29) is 18.0 Å². The standard InChI is InChI=1S/C20H27N3O5/c1-27-19(25)17(22-18(24)16-5-4-10-21-16)13-14-6-8-15(9-7-14)28-20(26)23-11-2-3-12-23/h6-9,16-17,21H,2-5,10-13H2,1H3,(H,22,24)/t16-,17-/m0/s1. The van der Waals surface area contributed by atoms with Crippen molar-refractivity contribution < 1.29 is 23.9 Å². The van der Waals surface area contributed by atoms with Crippen molar-refractivity contribution in [3.63, 3.8) is 0 Å². The van der Waals surface area contributed by atoms with Crippen molar-refractivity contribution in [2.75, 3.05) is 26.7 Å². The van der Waals surface area contributed by atoms with E-state index in [1.54, 1.807) is 29.2 Å². The molecule has 0 bridgehead atoms. The number of amides is 2. The number of rotatable bonds is 6. The van der Waals surface area contributed by atoms with Gasteiger partial charge in [0.05, 0.1) is 13.2 Å². The highest BCUT2D eigenvalue weighted by molar-refractivity contribution is 5.87. The highest BCUT2D eigenvalue weighted by atomic mass is 16.6. The van der Waals surface area contributed by atoms with E-state index in [2.05, 4.69) is 10.6 Å². The molecule has 2 N–H and O–H groups in total. The Morgan fingerprint density at radius 1 is 1.18 bits per heavy atom. The Labute approximate surface area is 164 Å². The van der Waals surface area contributed by atoms with Gasteiger partial charge in [-0.25, -0.2) is 9.59 Å². The van der Waals surface area contributed by atoms with Crippen molar-refractivity contribution in [2.24, 2.45) is 0 Å². The van der Waals surface area contributed by atoms with Crippen LogP contribution in [0.4, 0.5) is 4.79 Å². The molecule has 3 rings (SSSR count). The SMILES string of the molecule is COC(=O)[C@H](Cc1ccc(OC(=O)N2CCCC2)cc1)NC(=O)[C@@H]1CCCN1. The van der Waals surface area contributed by atoms with Crippen LogP contribution in [-0.4, -0.2) is 61.7 Å². The summed E-state index contributed by atoms with van der Waals surface area (Å²) in [6.45, 7) is 2.26. The van der Waals surface area contributed by atoms with Gasteiger partial charge in [0.1, 0.15) is 11.8 Å². The van der Waals surface area contributed by atoms with Gasteiger partial charge in [0.15, 0.2) is 0 Å². The maximum atomic E-state index is 12.3. The highest BCUT2D eigenvalue weighted by Crippen LogP contribution is 2.17. The van der Waals surface area contributed by atoms with E-state index in [9.17, 15) is 14.4 Å². The molecule has 0 aliphatic carbocycles. The zero-order chi connectivity index (χ0) is 19.9. The summed E-state index contributed by atoms with van der Waals surface area (Å²) >= 11 is 0. The predicted molar refractivity (Wildman–Crippen MR) is 102 cm³/mol. The molecule has 1 aromatic rings. The zero-order valence-corrected chi connectivity index (χ0v) is 16.1. The van der Waals surface area contributed by atoms with E-state index in [4.69, 9.17) is 9.47 Å². The Morgan fingerprint density at radius 3 is 2.50 bits per heavy atom. The first-order chi connectivity index (χ1) is 13.6. The molecule has 28 heavy (non-hydrogen) atoms. The third kappa shape index (κ3) is 5.22. The van der Waals surface area contributed by atoms with E-state index >= 15 is 0 Å². The summed E-state index contributed by atoms with van der Waals surface area (Å²) in [5, 5.41) is 5.89. The topological polar surface area (TPSA) is 97.0 Å². The molecule has 0 unspecified atom stereocenters. The molecule has 152 valence electrons. The fourth-order valence-electron chi connectivity index (χ4n) is 3.51. The number of nitrogens with one attached hydrogen (secondary N) is 2. The van der Waals surface area contributed by atoms with Crippen molar-refractivity contribution in [1.82, 2.24) is 15.5 Å². The Morgan fingerprint density at radius 2 is 1.89 bits per heavy atom. The summed E-state index contributed by atoms with van der Waals surface area (Å²) < 4.78 is 10.2. The molecule has 2 fully saturated rings. The number of methoxy groups -OCH3 is 1. The average Bonchev–Trinajstić information content (AvgIpc) is 3.42. The molecule has 0 spiro atoms. The van der Waals surface area contributed by atoms with Crippen LogP contribution >= 0.6 is 0 Å². The first-order valence-corrected chi connectivity index (χ1v) is 9.74. The monoisotopic (exact) mass is 389 g/mol. The molecule has 8 heteroatoms. The molecular weight excluding hydrogens is 362 g/mol. The minimum Gasteiger partial charge on any atom is -0.467 e. The number of carbonyl (C=O) groups is 3. The lowest BCUT2D eigenvalue weighted by atomic mass is 10.0. The molecular formula is C20H27N3O5. The van der Waals surface area contributed by atoms with Crippen LogP contribution in [0.5, 0.6) is 5.75 Å². The molecule has 2 aliphatic rings. The van der Waals surface area contributed by atoms with Gasteiger partial charge in [-0.3, -0.25) is 4.79 Å². The first-order valence-electron chi connectivity index (χ1n) is 9.74. The number of esters is 1. The molecule has 0 saturated carbocycles. The lowest BCUT2D eigenvalue weighted by molar-refractivity contribution is -0.145. The Hall–Kier alpha value is -2.61. The third-order valence-corrected chi connectivity index (χ3v) is 5.11. The summed E-state index contributed by atoms with van der Waals surface area (Å²) in [6, 6.07) is 5.92. The van der Waals surface area contributed by atoms with E-state index in [0.717, 1.165) is 50.9 Å². The molecule has 2 saturated heterocycles. The van der Waals surface area contributed by atoms with Gasteiger partial charge in [-0.2, -0.15) is 0 Å². The van der Waals surface area contributed by atoms with E-state index in [1.165, 1.54) is 7.11 Å². The lowest BCUT2D eigenvalue weighted by Crippen LogP contribution is -2.49. The van der Waals surface area contributed by atoms with Gasteiger partial charge in [0, 0.05) is 19.5 Å². The molecule has 2 atom stereocenters. The van der Waals surface area contributed by atoms with Crippen molar-refractivity contribution >= 4 is 18.0 Å². The van der Waals surface area contributed by atoms with Gasteiger partial charge < -0.3 is 25.0 Å². The number of benzene rings is 1. The van der Waals surface area contributed by atoms with Gasteiger partial charge in [0.2, 0.25) is 5.91 Å². The summed E-state index contributed by atoms with van der Waals surface area (Å²) in [6.07, 6.45) is 3.67. The highest BCUT2D eigenvalue weighted by Gasteiger charge is 2.28. The minimum absolute atomic E-state index is 0.191. The number of ether oxygens (including phenoxy) is 2. The number of likely N-dealkylation sites (tertiary alicyclic amines) is 1. The van der Waals surface area contributed by atoms with E-state index < -0.39 is 12.0 Å². The summed E-state index contributed by atoms with van der Waals surface area (Å²) in [7, 11) is 1.30. The smallest absolute Gasteiger partial charge is 0.415 e. The quantitative estimate of drug-likeness (QED) is 0.711. The van der Waals surface area contributed by atoms with Crippen molar-refractivity contribution in [3.8, 4) is 5.75 Å². The number of hydrogen-bond acceptors (Lipinski definition) is 6. The predicted octanol–water partition coefficient (Wildman–Crippen LogP) is 1.23. The second-order valence-corrected chi connectivity index (χ2v) is 7.14. The summed E-state index contributed by atoms with van der Waals surface area (Å²) in [5.41, 5.74) is 0.830. The van der Waals surface area contributed by atoms with Crippen LogP contribution in [0.15, 0.2) is 24.3 Å². The van der Waals surface area contributed by atoms with Crippen LogP contribution in [0, 0.1) is 0 Å². The normalized spacial score (nSPS) is 19.9. The fraction of sp³-hybridized carbons (Fsp3) is 0.550. The molecule has 2 heterocycles. The van der Waals surface area contributed by atoms with E-state index in [0.29, 0.717) is 12.2 Å². The fourth-order valence-corrected chi connectivity index (χ4v) is 3.51. The molecule has 1 aromatic carbocycles. The zero-order valence-electron chi connectivity index (χ0n) is 16.1. The summed E-state index contributed by atoms with van der Waals surface area (Å²) in [5.74, 6) is -0.227. The second kappa shape index (κ2) is 9.54. The first kappa shape index (κ1) is 20.1. The number of hydrogen-bond donors (Lipinski definition) is 2. The van der Waals surface area contributed by atoms with Crippen LogP contribution in [0.2, 0.25) is 0 Å². The van der Waals surface area contributed by atoms with Gasteiger partial charge in [0.25, 0.3) is 0 Å². The molecule has 2 aliphatic heterocycles. The van der Waals surface area contributed by atoms with E-state index in [1.807, 2.05) is 0 Å². The maximum Gasteiger partial charge on any atom is 0.415 e. The van der Waals surface area contributed by atoms with Gasteiger partial charge >= 0.3 is 12.1 Å². The average molecular weight is 389 g/mol. The van der Waals surface area contributed by atoms with Crippen LogP contribution < -0.4 is 15.4 Å². The third-order valence-electron chi connectivity index (χ3n) is 5.11. The van der Waals surface area contributed by atoms with Crippen molar-refractivity contribution in [3.05, 3.63) is 29.8 Å². The van der Waals surface area contributed by atoms with Gasteiger partial charge in [-0.15, -0.1) is 0 Å². The Kier molecular flexibility index (Phi) is 6.86. The number of nitrogens with zero attached hydrogens (tertiary/aromatic N) is 1. The Bertz CT molecular complexity index is 694. The Balaban J connectivity index is 1.58.